The third-order valence-corrected chi connectivity index (χ3v) is 2.55. The topological polar surface area (TPSA) is 52.4 Å². The second kappa shape index (κ2) is 6.02. The lowest BCUT2D eigenvalue weighted by atomic mass is 10.2. The van der Waals surface area contributed by atoms with Crippen molar-refractivity contribution in [3.63, 3.8) is 0 Å². The molecule has 0 amide bonds. The maximum atomic E-state index is 10.3. The summed E-state index contributed by atoms with van der Waals surface area (Å²) >= 11 is 5.78. The number of hydrogen-bond acceptors (Lipinski definition) is 3. The van der Waals surface area contributed by atoms with Crippen molar-refractivity contribution in [1.29, 1.82) is 0 Å². The van der Waals surface area contributed by atoms with E-state index < -0.39 is 4.92 Å². The van der Waals surface area contributed by atoms with Gasteiger partial charge >= 0.3 is 0 Å². The Kier molecular flexibility index (Phi) is 4.15. The third kappa shape index (κ3) is 4.12. The molecule has 0 radical (unpaired) electrons. The minimum Gasteiger partial charge on any atom is -0.457 e. The summed E-state index contributed by atoms with van der Waals surface area (Å²) in [5, 5.41) is 10.9. The van der Waals surface area contributed by atoms with E-state index in [2.05, 4.69) is 0 Å². The van der Waals surface area contributed by atoms with Gasteiger partial charge in [0.1, 0.15) is 11.5 Å². The highest BCUT2D eigenvalue weighted by Gasteiger charge is 1.99. The summed E-state index contributed by atoms with van der Waals surface area (Å²) < 4.78 is 5.62. The first-order valence-electron chi connectivity index (χ1n) is 5.49. The van der Waals surface area contributed by atoms with Crippen molar-refractivity contribution in [2.24, 2.45) is 0 Å². The fourth-order valence-electron chi connectivity index (χ4n) is 1.47. The summed E-state index contributed by atoms with van der Waals surface area (Å²) in [7, 11) is 0. The van der Waals surface area contributed by atoms with Crippen LogP contribution < -0.4 is 4.74 Å². The van der Waals surface area contributed by atoms with Gasteiger partial charge in [-0.25, -0.2) is 0 Å². The number of benzene rings is 2. The lowest BCUT2D eigenvalue weighted by molar-refractivity contribution is -0.400. The van der Waals surface area contributed by atoms with Crippen molar-refractivity contribution in [1.82, 2.24) is 0 Å². The Bertz CT molecular complexity index is 608. The van der Waals surface area contributed by atoms with Gasteiger partial charge in [0, 0.05) is 11.1 Å². The van der Waals surface area contributed by atoms with Crippen LogP contribution in [0.15, 0.2) is 54.7 Å². The van der Waals surface area contributed by atoms with E-state index in [-0.39, 0.29) is 0 Å². The lowest BCUT2D eigenvalue weighted by Gasteiger charge is -2.06. The first kappa shape index (κ1) is 13.1. The molecule has 2 rings (SSSR count). The van der Waals surface area contributed by atoms with E-state index in [1.165, 1.54) is 6.08 Å². The van der Waals surface area contributed by atoms with Crippen LogP contribution in [-0.2, 0) is 0 Å². The van der Waals surface area contributed by atoms with E-state index in [1.54, 1.807) is 48.5 Å². The smallest absolute Gasteiger partial charge is 0.235 e. The SMILES string of the molecule is O=[N+]([O-])/C=C/c1cccc(Oc2ccc(Cl)cc2)c1. The maximum Gasteiger partial charge on any atom is 0.235 e. The number of halogens is 1. The van der Waals surface area contributed by atoms with Crippen LogP contribution >= 0.6 is 11.6 Å². The van der Waals surface area contributed by atoms with Crippen molar-refractivity contribution in [2.75, 3.05) is 0 Å². The van der Waals surface area contributed by atoms with Gasteiger partial charge in [-0.3, -0.25) is 10.1 Å². The zero-order valence-corrected chi connectivity index (χ0v) is 10.6. The number of nitrogens with zero attached hydrogens (tertiary/aromatic N) is 1. The summed E-state index contributed by atoms with van der Waals surface area (Å²) in [6.07, 6.45) is 2.30. The van der Waals surface area contributed by atoms with Crippen LogP contribution in [0.25, 0.3) is 6.08 Å². The molecule has 0 saturated carbocycles. The fraction of sp³-hybridized carbons (Fsp3) is 0. The first-order valence-corrected chi connectivity index (χ1v) is 5.86. The van der Waals surface area contributed by atoms with E-state index in [9.17, 15) is 10.1 Å². The second-order valence-corrected chi connectivity index (χ2v) is 4.17. The van der Waals surface area contributed by atoms with Crippen LogP contribution in [0, 0.1) is 10.1 Å². The molecule has 0 saturated heterocycles. The molecule has 0 atom stereocenters. The van der Waals surface area contributed by atoms with Crippen LogP contribution in [0.5, 0.6) is 11.5 Å². The Hall–Kier alpha value is -2.33. The highest BCUT2D eigenvalue weighted by Crippen LogP contribution is 2.24. The van der Waals surface area contributed by atoms with Gasteiger partial charge in [0.15, 0.2) is 0 Å². The molecule has 5 heteroatoms. The molecule has 0 unspecified atom stereocenters. The summed E-state index contributed by atoms with van der Waals surface area (Å²) in [6.45, 7) is 0. The predicted molar refractivity (Wildman–Crippen MR) is 74.0 cm³/mol. The van der Waals surface area contributed by atoms with E-state index >= 15 is 0 Å². The van der Waals surface area contributed by atoms with E-state index in [4.69, 9.17) is 16.3 Å². The number of rotatable bonds is 4. The van der Waals surface area contributed by atoms with Crippen molar-refractivity contribution in [2.45, 2.75) is 0 Å². The molecule has 0 spiro atoms. The van der Waals surface area contributed by atoms with Gasteiger partial charge in [-0.1, -0.05) is 23.7 Å². The molecule has 19 heavy (non-hydrogen) atoms. The molecule has 96 valence electrons. The van der Waals surface area contributed by atoms with Gasteiger partial charge in [-0.15, -0.1) is 0 Å². The molecule has 0 fully saturated rings. The molecule has 0 aliphatic carbocycles. The van der Waals surface area contributed by atoms with Crippen LogP contribution in [0.3, 0.4) is 0 Å². The normalized spacial score (nSPS) is 10.6. The van der Waals surface area contributed by atoms with Gasteiger partial charge in [0.2, 0.25) is 6.20 Å². The molecular formula is C14H10ClNO3. The Balaban J connectivity index is 2.15. The Morgan fingerprint density at radius 1 is 1.11 bits per heavy atom. The van der Waals surface area contributed by atoms with Gasteiger partial charge in [0.05, 0.1) is 4.92 Å². The van der Waals surface area contributed by atoms with E-state index in [0.29, 0.717) is 22.1 Å². The van der Waals surface area contributed by atoms with Crippen molar-refractivity contribution < 1.29 is 9.66 Å². The minimum atomic E-state index is -0.507. The fourth-order valence-corrected chi connectivity index (χ4v) is 1.59. The summed E-state index contributed by atoms with van der Waals surface area (Å²) in [5.74, 6) is 1.26. The predicted octanol–water partition coefficient (Wildman–Crippen LogP) is 4.38. The summed E-state index contributed by atoms with van der Waals surface area (Å²) in [6, 6.07) is 14.0. The molecule has 2 aromatic rings. The molecule has 0 bridgehead atoms. The Morgan fingerprint density at radius 3 is 2.53 bits per heavy atom. The van der Waals surface area contributed by atoms with Crippen molar-refractivity contribution >= 4 is 17.7 Å². The zero-order valence-electron chi connectivity index (χ0n) is 9.82. The van der Waals surface area contributed by atoms with Crippen molar-refractivity contribution in [3.8, 4) is 11.5 Å². The lowest BCUT2D eigenvalue weighted by Crippen LogP contribution is -1.85. The highest BCUT2D eigenvalue weighted by molar-refractivity contribution is 6.30. The van der Waals surface area contributed by atoms with E-state index in [0.717, 1.165) is 6.20 Å². The Labute approximate surface area is 115 Å². The maximum absolute atomic E-state index is 10.3. The van der Waals surface area contributed by atoms with E-state index in [1.807, 2.05) is 0 Å². The number of nitro groups is 1. The molecular weight excluding hydrogens is 266 g/mol. The molecule has 0 aliphatic rings. The number of hydrogen-bond donors (Lipinski definition) is 0. The second-order valence-electron chi connectivity index (χ2n) is 3.73. The minimum absolute atomic E-state index is 0.507. The zero-order chi connectivity index (χ0) is 13.7. The molecule has 0 aromatic heterocycles. The van der Waals surface area contributed by atoms with Gasteiger partial charge in [0.25, 0.3) is 0 Å². The molecule has 0 heterocycles. The highest BCUT2D eigenvalue weighted by atomic mass is 35.5. The van der Waals surface area contributed by atoms with Gasteiger partial charge in [-0.05, 0) is 42.0 Å². The monoisotopic (exact) mass is 275 g/mol. The van der Waals surface area contributed by atoms with Crippen LogP contribution in [0.4, 0.5) is 0 Å². The van der Waals surface area contributed by atoms with Gasteiger partial charge < -0.3 is 4.74 Å². The molecule has 0 aliphatic heterocycles. The third-order valence-electron chi connectivity index (χ3n) is 2.30. The summed E-state index contributed by atoms with van der Waals surface area (Å²) in [5.41, 5.74) is 0.697. The average molecular weight is 276 g/mol. The Morgan fingerprint density at radius 2 is 1.84 bits per heavy atom. The van der Waals surface area contributed by atoms with Crippen LogP contribution in [0.2, 0.25) is 5.02 Å². The van der Waals surface area contributed by atoms with Gasteiger partial charge in [-0.2, -0.15) is 0 Å². The molecule has 2 aromatic carbocycles. The standard InChI is InChI=1S/C14H10ClNO3/c15-12-4-6-13(7-5-12)19-14-3-1-2-11(10-14)8-9-16(17)18/h1-10H/b9-8+. The number of ether oxygens (including phenoxy) is 1. The average Bonchev–Trinajstić information content (AvgIpc) is 2.40. The largest absolute Gasteiger partial charge is 0.457 e. The van der Waals surface area contributed by atoms with Crippen molar-refractivity contribution in [3.05, 3.63) is 75.4 Å². The quantitative estimate of drug-likeness (QED) is 0.614. The molecule has 4 nitrogen and oxygen atoms in total. The molecule has 0 N–H and O–H groups in total. The first-order chi connectivity index (χ1) is 9.13. The summed E-state index contributed by atoms with van der Waals surface area (Å²) in [4.78, 5) is 9.75. The van der Waals surface area contributed by atoms with Crippen LogP contribution in [-0.4, -0.2) is 4.92 Å². The van der Waals surface area contributed by atoms with Crippen LogP contribution in [0.1, 0.15) is 5.56 Å².